The minimum absolute atomic E-state index is 0.0468. The van der Waals surface area contributed by atoms with Gasteiger partial charge in [0, 0.05) is 16.8 Å². The van der Waals surface area contributed by atoms with Crippen LogP contribution < -0.4 is 0 Å². The lowest BCUT2D eigenvalue weighted by Crippen LogP contribution is -2.17. The molecule has 90 valence electrons. The highest BCUT2D eigenvalue weighted by atomic mass is 32.2. The zero-order valence-corrected chi connectivity index (χ0v) is 10.9. The number of ether oxygens (including phenoxy) is 1. The molecular formula is C10H15NO3S2. The number of hydrogen-bond acceptors (Lipinski definition) is 6. The van der Waals surface area contributed by atoms with Gasteiger partial charge in [0.15, 0.2) is 0 Å². The first kappa shape index (κ1) is 13.5. The molecule has 4 nitrogen and oxygen atoms in total. The molecule has 0 aliphatic heterocycles. The van der Waals surface area contributed by atoms with Crippen molar-refractivity contribution >= 4 is 29.1 Å². The van der Waals surface area contributed by atoms with Crippen LogP contribution >= 0.6 is 23.1 Å². The van der Waals surface area contributed by atoms with Crippen molar-refractivity contribution in [2.45, 2.75) is 30.7 Å². The van der Waals surface area contributed by atoms with Crippen LogP contribution in [0.25, 0.3) is 0 Å². The van der Waals surface area contributed by atoms with E-state index in [1.165, 1.54) is 11.8 Å². The van der Waals surface area contributed by atoms with Gasteiger partial charge in [-0.15, -0.1) is 11.3 Å². The van der Waals surface area contributed by atoms with E-state index in [0.29, 0.717) is 12.4 Å². The minimum Gasteiger partial charge on any atom is -0.466 e. The van der Waals surface area contributed by atoms with E-state index in [1.807, 2.05) is 12.3 Å². The molecule has 1 aromatic rings. The van der Waals surface area contributed by atoms with E-state index < -0.39 is 6.10 Å². The summed E-state index contributed by atoms with van der Waals surface area (Å²) in [5, 5.41) is 11.5. The van der Waals surface area contributed by atoms with Gasteiger partial charge in [-0.2, -0.15) is 0 Å². The molecule has 0 aromatic carbocycles. The fraction of sp³-hybridized carbons (Fsp3) is 0.600. The molecule has 1 aromatic heterocycles. The Morgan fingerprint density at radius 3 is 3.06 bits per heavy atom. The van der Waals surface area contributed by atoms with E-state index >= 15 is 0 Å². The quantitative estimate of drug-likeness (QED) is 0.625. The lowest BCUT2D eigenvalue weighted by molar-refractivity contribution is -0.144. The SMILES string of the molecule is CCOC(=O)CC(O)CSc1nc(C)cs1. The Bertz CT molecular complexity index is 341. The molecule has 0 amide bonds. The average Bonchev–Trinajstić information content (AvgIpc) is 2.61. The number of carbonyl (C=O) groups excluding carboxylic acids is 1. The van der Waals surface area contributed by atoms with Crippen LogP contribution in [0, 0.1) is 6.92 Å². The molecule has 1 N–H and O–H groups in total. The van der Waals surface area contributed by atoms with Crippen molar-refractivity contribution in [2.75, 3.05) is 12.4 Å². The van der Waals surface area contributed by atoms with Gasteiger partial charge in [-0.1, -0.05) is 11.8 Å². The molecule has 0 spiro atoms. The van der Waals surface area contributed by atoms with Crippen molar-refractivity contribution in [3.8, 4) is 0 Å². The molecule has 0 aliphatic carbocycles. The van der Waals surface area contributed by atoms with Gasteiger partial charge in [0.05, 0.1) is 19.1 Å². The molecule has 1 rings (SSSR count). The molecular weight excluding hydrogens is 246 g/mol. The lowest BCUT2D eigenvalue weighted by atomic mass is 10.3. The third kappa shape index (κ3) is 4.96. The molecule has 1 unspecified atom stereocenters. The third-order valence-corrected chi connectivity index (χ3v) is 3.99. The van der Waals surface area contributed by atoms with Crippen molar-refractivity contribution in [1.82, 2.24) is 4.98 Å². The highest BCUT2D eigenvalue weighted by Gasteiger charge is 2.12. The number of nitrogens with zero attached hydrogens (tertiary/aromatic N) is 1. The van der Waals surface area contributed by atoms with Crippen LogP contribution in [-0.4, -0.2) is 34.5 Å². The van der Waals surface area contributed by atoms with Crippen LogP contribution in [-0.2, 0) is 9.53 Å². The number of rotatable bonds is 6. The van der Waals surface area contributed by atoms with E-state index in [2.05, 4.69) is 4.98 Å². The van der Waals surface area contributed by atoms with Gasteiger partial charge >= 0.3 is 5.97 Å². The number of esters is 1. The predicted molar refractivity (Wildman–Crippen MR) is 64.8 cm³/mol. The van der Waals surface area contributed by atoms with Gasteiger partial charge in [-0.25, -0.2) is 4.98 Å². The summed E-state index contributed by atoms with van der Waals surface area (Å²) < 4.78 is 5.66. The Kier molecular flexibility index (Phi) is 5.79. The summed E-state index contributed by atoms with van der Waals surface area (Å²) in [5.74, 6) is 0.108. The van der Waals surface area contributed by atoms with Crippen LogP contribution in [0.3, 0.4) is 0 Å². The average molecular weight is 261 g/mol. The summed E-state index contributed by atoms with van der Waals surface area (Å²) >= 11 is 3.00. The summed E-state index contributed by atoms with van der Waals surface area (Å²) in [5.41, 5.74) is 0.979. The molecule has 0 bridgehead atoms. The van der Waals surface area contributed by atoms with Crippen molar-refractivity contribution < 1.29 is 14.6 Å². The maximum atomic E-state index is 11.1. The Balaban J connectivity index is 2.24. The van der Waals surface area contributed by atoms with E-state index in [-0.39, 0.29) is 12.4 Å². The fourth-order valence-electron chi connectivity index (χ4n) is 1.04. The second kappa shape index (κ2) is 6.88. The molecule has 0 fully saturated rings. The van der Waals surface area contributed by atoms with Gasteiger partial charge in [0.25, 0.3) is 0 Å². The standard InChI is InChI=1S/C10H15NO3S2/c1-3-14-9(13)4-8(12)6-16-10-11-7(2)5-15-10/h5,8,12H,3-4,6H2,1-2H3. The highest BCUT2D eigenvalue weighted by molar-refractivity contribution is 8.01. The number of thiazole rings is 1. The number of aryl methyl sites for hydroxylation is 1. The maximum Gasteiger partial charge on any atom is 0.308 e. The summed E-state index contributed by atoms with van der Waals surface area (Å²) in [7, 11) is 0. The smallest absolute Gasteiger partial charge is 0.308 e. The molecule has 0 saturated heterocycles. The van der Waals surface area contributed by atoms with Crippen LogP contribution in [0.2, 0.25) is 0 Å². The Labute approximate surface area is 103 Å². The number of aliphatic hydroxyl groups is 1. The Morgan fingerprint density at radius 2 is 2.50 bits per heavy atom. The van der Waals surface area contributed by atoms with E-state index in [9.17, 15) is 9.90 Å². The number of aliphatic hydroxyl groups excluding tert-OH is 1. The third-order valence-electron chi connectivity index (χ3n) is 1.70. The van der Waals surface area contributed by atoms with Crippen molar-refractivity contribution in [2.24, 2.45) is 0 Å². The van der Waals surface area contributed by atoms with Crippen LogP contribution in [0.1, 0.15) is 19.0 Å². The first-order chi connectivity index (χ1) is 7.61. The number of thioether (sulfide) groups is 1. The van der Waals surface area contributed by atoms with Crippen molar-refractivity contribution in [3.63, 3.8) is 0 Å². The first-order valence-electron chi connectivity index (χ1n) is 5.00. The lowest BCUT2D eigenvalue weighted by Gasteiger charge is -2.07. The fourth-order valence-corrected chi connectivity index (χ4v) is 2.84. The van der Waals surface area contributed by atoms with Gasteiger partial charge in [0.1, 0.15) is 4.34 Å². The Hall–Kier alpha value is -0.590. The molecule has 16 heavy (non-hydrogen) atoms. The molecule has 0 radical (unpaired) electrons. The van der Waals surface area contributed by atoms with Crippen LogP contribution in [0.15, 0.2) is 9.72 Å². The number of aromatic nitrogens is 1. The second-order valence-corrected chi connectivity index (χ2v) is 5.35. The molecule has 6 heteroatoms. The first-order valence-corrected chi connectivity index (χ1v) is 6.87. The van der Waals surface area contributed by atoms with E-state index in [0.717, 1.165) is 10.0 Å². The second-order valence-electron chi connectivity index (χ2n) is 3.23. The zero-order chi connectivity index (χ0) is 12.0. The normalized spacial score (nSPS) is 12.4. The highest BCUT2D eigenvalue weighted by Crippen LogP contribution is 2.23. The Morgan fingerprint density at radius 1 is 1.75 bits per heavy atom. The number of hydrogen-bond donors (Lipinski definition) is 1. The number of carbonyl (C=O) groups is 1. The summed E-state index contributed by atoms with van der Waals surface area (Å²) in [6.45, 7) is 4.03. The summed E-state index contributed by atoms with van der Waals surface area (Å²) in [6, 6.07) is 0. The van der Waals surface area contributed by atoms with Crippen molar-refractivity contribution in [3.05, 3.63) is 11.1 Å². The van der Waals surface area contributed by atoms with Gasteiger partial charge in [-0.05, 0) is 13.8 Å². The summed E-state index contributed by atoms with van der Waals surface area (Å²) in [4.78, 5) is 15.3. The predicted octanol–water partition coefficient (Wildman–Crippen LogP) is 1.86. The van der Waals surface area contributed by atoms with E-state index in [1.54, 1.807) is 18.3 Å². The molecule has 1 atom stereocenters. The largest absolute Gasteiger partial charge is 0.466 e. The molecule has 0 aliphatic rings. The van der Waals surface area contributed by atoms with Gasteiger partial charge < -0.3 is 9.84 Å². The zero-order valence-electron chi connectivity index (χ0n) is 9.30. The molecule has 0 saturated carbocycles. The van der Waals surface area contributed by atoms with E-state index in [4.69, 9.17) is 4.74 Å². The van der Waals surface area contributed by atoms with Crippen LogP contribution in [0.4, 0.5) is 0 Å². The van der Waals surface area contributed by atoms with Gasteiger partial charge in [0.2, 0.25) is 0 Å². The minimum atomic E-state index is -0.673. The van der Waals surface area contributed by atoms with Crippen LogP contribution in [0.5, 0.6) is 0 Å². The molecule has 1 heterocycles. The summed E-state index contributed by atoms with van der Waals surface area (Å²) in [6.07, 6.45) is -0.626. The van der Waals surface area contributed by atoms with Crippen molar-refractivity contribution in [1.29, 1.82) is 0 Å². The van der Waals surface area contributed by atoms with Gasteiger partial charge in [-0.3, -0.25) is 4.79 Å². The topological polar surface area (TPSA) is 59.4 Å². The maximum absolute atomic E-state index is 11.1. The monoisotopic (exact) mass is 261 g/mol.